The number of carbonyl (C=O) groups excluding carboxylic acids is 1. The van der Waals surface area contributed by atoms with Crippen LogP contribution in [0.1, 0.15) is 29.8 Å². The Morgan fingerprint density at radius 1 is 1.24 bits per heavy atom. The zero-order chi connectivity index (χ0) is 15.6. The largest absolute Gasteiger partial charge is 0.496 e. The number of methoxy groups -OCH3 is 2. The highest BCUT2D eigenvalue weighted by Gasteiger charge is 2.29. The van der Waals surface area contributed by atoms with Gasteiger partial charge in [-0.1, -0.05) is 0 Å². The second-order valence-corrected chi connectivity index (χ2v) is 5.49. The van der Waals surface area contributed by atoms with Gasteiger partial charge < -0.3 is 19.7 Å². The molecule has 0 spiro atoms. The highest BCUT2D eigenvalue weighted by atomic mass is 16.5. The molecule has 1 aliphatic rings. The van der Waals surface area contributed by atoms with Crippen molar-refractivity contribution in [3.05, 3.63) is 23.3 Å². The molecule has 1 aromatic rings. The summed E-state index contributed by atoms with van der Waals surface area (Å²) in [6.45, 7) is 7.61. The van der Waals surface area contributed by atoms with Gasteiger partial charge >= 0.3 is 0 Å². The van der Waals surface area contributed by atoms with Gasteiger partial charge in [-0.2, -0.15) is 0 Å². The van der Waals surface area contributed by atoms with Gasteiger partial charge in [0, 0.05) is 36.3 Å². The Morgan fingerprint density at radius 3 is 2.33 bits per heavy atom. The number of nitrogens with zero attached hydrogens (tertiary/aromatic N) is 1. The van der Waals surface area contributed by atoms with Crippen LogP contribution in [0.15, 0.2) is 12.1 Å². The molecule has 2 rings (SSSR count). The second kappa shape index (κ2) is 6.35. The number of hydrogen-bond donors (Lipinski definition) is 1. The molecule has 2 unspecified atom stereocenters. The summed E-state index contributed by atoms with van der Waals surface area (Å²) in [5.41, 5.74) is 1.51. The molecule has 1 N–H and O–H groups in total. The SMILES string of the molecule is COc1cc(C(=O)N2CCNC(C)C2C)cc(OC)c1C. The molecule has 1 aliphatic heterocycles. The fraction of sp³-hybridized carbons (Fsp3) is 0.562. The van der Waals surface area contributed by atoms with Gasteiger partial charge in [0.2, 0.25) is 0 Å². The molecule has 2 atom stereocenters. The molecule has 1 fully saturated rings. The lowest BCUT2D eigenvalue weighted by Crippen LogP contribution is -2.57. The van der Waals surface area contributed by atoms with E-state index in [4.69, 9.17) is 9.47 Å². The maximum absolute atomic E-state index is 12.8. The molecule has 0 bridgehead atoms. The Hall–Kier alpha value is -1.75. The Kier molecular flexibility index (Phi) is 4.73. The third kappa shape index (κ3) is 2.97. The number of carbonyl (C=O) groups is 1. The average Bonchev–Trinajstić information content (AvgIpc) is 2.49. The standard InChI is InChI=1S/C16H24N2O3/c1-10-14(20-4)8-13(9-15(10)21-5)16(19)18-7-6-17-11(2)12(18)3/h8-9,11-12,17H,6-7H2,1-5H3. The number of ether oxygens (including phenoxy) is 2. The first kappa shape index (κ1) is 15.6. The molecule has 5 heteroatoms. The van der Waals surface area contributed by atoms with Crippen LogP contribution in [0.3, 0.4) is 0 Å². The molecule has 0 saturated carbocycles. The van der Waals surface area contributed by atoms with Crippen LogP contribution in [0.5, 0.6) is 11.5 Å². The molecular formula is C16H24N2O3. The predicted octanol–water partition coefficient (Wildman–Crippen LogP) is 1.83. The molecule has 5 nitrogen and oxygen atoms in total. The Balaban J connectivity index is 2.34. The van der Waals surface area contributed by atoms with Gasteiger partial charge in [-0.05, 0) is 32.9 Å². The van der Waals surface area contributed by atoms with Gasteiger partial charge in [0.15, 0.2) is 0 Å². The highest BCUT2D eigenvalue weighted by Crippen LogP contribution is 2.30. The fourth-order valence-electron chi connectivity index (χ4n) is 2.72. The van der Waals surface area contributed by atoms with Crippen LogP contribution in [0.2, 0.25) is 0 Å². The van der Waals surface area contributed by atoms with Crippen LogP contribution in [0.4, 0.5) is 0 Å². The summed E-state index contributed by atoms with van der Waals surface area (Å²) < 4.78 is 10.7. The van der Waals surface area contributed by atoms with E-state index in [2.05, 4.69) is 19.2 Å². The summed E-state index contributed by atoms with van der Waals surface area (Å²) in [5, 5.41) is 3.38. The molecule has 1 heterocycles. The maximum atomic E-state index is 12.8. The first-order valence-corrected chi connectivity index (χ1v) is 7.26. The third-order valence-electron chi connectivity index (χ3n) is 4.29. The maximum Gasteiger partial charge on any atom is 0.254 e. The van der Waals surface area contributed by atoms with E-state index in [1.807, 2.05) is 11.8 Å². The summed E-state index contributed by atoms with van der Waals surface area (Å²) in [6, 6.07) is 4.03. The topological polar surface area (TPSA) is 50.8 Å². The first-order valence-electron chi connectivity index (χ1n) is 7.26. The van der Waals surface area contributed by atoms with Crippen molar-refractivity contribution in [2.75, 3.05) is 27.3 Å². The Bertz CT molecular complexity index is 505. The van der Waals surface area contributed by atoms with Crippen LogP contribution in [-0.2, 0) is 0 Å². The Labute approximate surface area is 126 Å². The summed E-state index contributed by atoms with van der Waals surface area (Å²) in [4.78, 5) is 14.7. The van der Waals surface area contributed by atoms with E-state index in [0.29, 0.717) is 23.6 Å². The third-order valence-corrected chi connectivity index (χ3v) is 4.29. The van der Waals surface area contributed by atoms with E-state index in [1.165, 1.54) is 0 Å². The molecule has 116 valence electrons. The Morgan fingerprint density at radius 2 is 1.81 bits per heavy atom. The normalized spacial score (nSPS) is 22.0. The van der Waals surface area contributed by atoms with Crippen LogP contribution in [0, 0.1) is 6.92 Å². The van der Waals surface area contributed by atoms with Gasteiger partial charge in [-0.15, -0.1) is 0 Å². The molecule has 1 aromatic carbocycles. The lowest BCUT2D eigenvalue weighted by Gasteiger charge is -2.38. The first-order chi connectivity index (χ1) is 9.99. The quantitative estimate of drug-likeness (QED) is 0.923. The van der Waals surface area contributed by atoms with Crippen LogP contribution in [0.25, 0.3) is 0 Å². The van der Waals surface area contributed by atoms with Gasteiger partial charge in [-0.25, -0.2) is 0 Å². The van der Waals surface area contributed by atoms with E-state index in [0.717, 1.165) is 12.1 Å². The lowest BCUT2D eigenvalue weighted by atomic mass is 10.0. The molecule has 1 amide bonds. The fourth-order valence-corrected chi connectivity index (χ4v) is 2.72. The van der Waals surface area contributed by atoms with Crippen molar-refractivity contribution >= 4 is 5.91 Å². The summed E-state index contributed by atoms with van der Waals surface area (Å²) in [6.07, 6.45) is 0. The monoisotopic (exact) mass is 292 g/mol. The van der Waals surface area contributed by atoms with Crippen LogP contribution < -0.4 is 14.8 Å². The number of piperazine rings is 1. The molecule has 0 radical (unpaired) electrons. The smallest absolute Gasteiger partial charge is 0.254 e. The number of nitrogens with one attached hydrogen (secondary N) is 1. The van der Waals surface area contributed by atoms with Crippen molar-refractivity contribution in [1.82, 2.24) is 10.2 Å². The van der Waals surface area contributed by atoms with Crippen molar-refractivity contribution in [2.45, 2.75) is 32.9 Å². The molecular weight excluding hydrogens is 268 g/mol. The van der Waals surface area contributed by atoms with Crippen LogP contribution in [-0.4, -0.2) is 50.2 Å². The molecule has 1 saturated heterocycles. The lowest BCUT2D eigenvalue weighted by molar-refractivity contribution is 0.0602. The second-order valence-electron chi connectivity index (χ2n) is 5.49. The van der Waals surface area contributed by atoms with Crippen molar-refractivity contribution in [1.29, 1.82) is 0 Å². The van der Waals surface area contributed by atoms with Gasteiger partial charge in [-0.3, -0.25) is 4.79 Å². The zero-order valence-electron chi connectivity index (χ0n) is 13.4. The summed E-state index contributed by atoms with van der Waals surface area (Å²) in [7, 11) is 3.21. The van der Waals surface area contributed by atoms with Crippen molar-refractivity contribution in [2.24, 2.45) is 0 Å². The number of hydrogen-bond acceptors (Lipinski definition) is 4. The van der Waals surface area contributed by atoms with Crippen LogP contribution >= 0.6 is 0 Å². The van der Waals surface area contributed by atoms with Gasteiger partial charge in [0.1, 0.15) is 11.5 Å². The van der Waals surface area contributed by atoms with Crippen molar-refractivity contribution in [3.63, 3.8) is 0 Å². The minimum Gasteiger partial charge on any atom is -0.496 e. The predicted molar refractivity (Wildman–Crippen MR) is 82.2 cm³/mol. The summed E-state index contributed by atoms with van der Waals surface area (Å²) >= 11 is 0. The van der Waals surface area contributed by atoms with E-state index in [1.54, 1.807) is 26.4 Å². The average molecular weight is 292 g/mol. The summed E-state index contributed by atoms with van der Waals surface area (Å²) in [5.74, 6) is 1.37. The van der Waals surface area contributed by atoms with Gasteiger partial charge in [0.05, 0.1) is 14.2 Å². The molecule has 0 aromatic heterocycles. The van der Waals surface area contributed by atoms with Crippen molar-refractivity contribution in [3.8, 4) is 11.5 Å². The van der Waals surface area contributed by atoms with Gasteiger partial charge in [0.25, 0.3) is 5.91 Å². The zero-order valence-corrected chi connectivity index (χ0v) is 13.4. The van der Waals surface area contributed by atoms with E-state index >= 15 is 0 Å². The number of amides is 1. The van der Waals surface area contributed by atoms with Crippen molar-refractivity contribution < 1.29 is 14.3 Å². The molecule has 21 heavy (non-hydrogen) atoms. The number of benzene rings is 1. The highest BCUT2D eigenvalue weighted by molar-refractivity contribution is 5.95. The minimum absolute atomic E-state index is 0.0208. The van der Waals surface area contributed by atoms with E-state index in [-0.39, 0.29) is 18.0 Å². The molecule has 0 aliphatic carbocycles. The van der Waals surface area contributed by atoms with E-state index in [9.17, 15) is 4.79 Å². The number of rotatable bonds is 3. The van der Waals surface area contributed by atoms with E-state index < -0.39 is 0 Å². The minimum atomic E-state index is 0.0208.